The molecule has 250 valence electrons. The molecular weight excluding hydrogens is 636 g/mol. The van der Waals surface area contributed by atoms with E-state index in [-0.39, 0.29) is 22.7 Å². The number of aryl methyl sites for hydroxylation is 6. The van der Waals surface area contributed by atoms with Gasteiger partial charge in [-0.15, -0.1) is 0 Å². The van der Waals surface area contributed by atoms with E-state index in [2.05, 4.69) is 18.2 Å². The minimum Gasteiger partial charge on any atom is -0.489 e. The van der Waals surface area contributed by atoms with Crippen LogP contribution in [0.1, 0.15) is 51.8 Å². The van der Waals surface area contributed by atoms with E-state index in [9.17, 15) is 19.2 Å². The number of carbonyl (C=O) groups excluding carboxylic acids is 2. The largest absolute Gasteiger partial charge is 0.489 e. The predicted molar refractivity (Wildman–Crippen MR) is 194 cm³/mol. The second kappa shape index (κ2) is 14.2. The van der Waals surface area contributed by atoms with E-state index in [1.165, 1.54) is 5.56 Å². The van der Waals surface area contributed by atoms with Crippen molar-refractivity contribution in [2.45, 2.75) is 59.0 Å². The first-order chi connectivity index (χ1) is 23.5. The molecule has 0 radical (unpaired) electrons. The van der Waals surface area contributed by atoms with Crippen molar-refractivity contribution in [3.63, 3.8) is 0 Å². The van der Waals surface area contributed by atoms with E-state index in [0.717, 1.165) is 68.7 Å². The number of fused-ring (bicyclic) bond motifs is 2. The Morgan fingerprint density at radius 2 is 1.14 bits per heavy atom. The van der Waals surface area contributed by atoms with Gasteiger partial charge in [-0.2, -0.15) is 0 Å². The molecule has 0 atom stereocenters. The van der Waals surface area contributed by atoms with Gasteiger partial charge in [-0.05, 0) is 113 Å². The van der Waals surface area contributed by atoms with Crippen molar-refractivity contribution in [2.24, 2.45) is 14.1 Å². The maximum atomic E-state index is 12.1. The average Bonchev–Trinajstić information content (AvgIpc) is 3.09. The maximum absolute atomic E-state index is 12.1. The molecule has 5 aromatic rings. The zero-order valence-electron chi connectivity index (χ0n) is 28.3. The zero-order valence-corrected chi connectivity index (χ0v) is 29.0. The third-order valence-corrected chi connectivity index (χ3v) is 9.68. The molecule has 0 aliphatic heterocycles. The van der Waals surface area contributed by atoms with Gasteiger partial charge in [0.25, 0.3) is 11.1 Å². The molecule has 0 spiro atoms. The number of ether oxygens (including phenoxy) is 1. The third-order valence-electron chi connectivity index (χ3n) is 9.35. The molecule has 7 nitrogen and oxygen atoms in total. The standard InChI is InChI=1S/C24H23NO3.C17H16ClNO2/c1-16-10-19(14-25(2)24(16)27)18-11-17-8-9-21(26)13-23(17)20(12-18)15-28-22-6-4-3-5-7-22;1-10-5-13(9-19(2)17(10)21)12-6-11-3-4-14(20)8-15(11)16(18)7-12/h3-7,10-12,14H,8-9,13,15H2,1-2H3;5-7,9H,3-4,8H2,1-2H3. The summed E-state index contributed by atoms with van der Waals surface area (Å²) in [5.41, 5.74) is 10.9. The highest BCUT2D eigenvalue weighted by molar-refractivity contribution is 6.32. The molecule has 0 saturated carbocycles. The zero-order chi connectivity index (χ0) is 34.8. The van der Waals surface area contributed by atoms with Crippen LogP contribution >= 0.6 is 11.6 Å². The Labute approximate surface area is 290 Å². The maximum Gasteiger partial charge on any atom is 0.253 e. The molecule has 2 aromatic heterocycles. The molecule has 2 aliphatic rings. The average molecular weight is 675 g/mol. The van der Waals surface area contributed by atoms with Gasteiger partial charge in [0.2, 0.25) is 0 Å². The normalized spacial score (nSPS) is 13.7. The second-order valence-corrected chi connectivity index (χ2v) is 13.5. The van der Waals surface area contributed by atoms with Gasteiger partial charge in [-0.25, -0.2) is 0 Å². The highest BCUT2D eigenvalue weighted by atomic mass is 35.5. The van der Waals surface area contributed by atoms with Crippen molar-refractivity contribution in [1.29, 1.82) is 0 Å². The fourth-order valence-corrected chi connectivity index (χ4v) is 7.00. The summed E-state index contributed by atoms with van der Waals surface area (Å²) in [5, 5.41) is 0.641. The molecule has 0 N–H and O–H groups in total. The van der Waals surface area contributed by atoms with Gasteiger partial charge in [0.05, 0.1) is 0 Å². The summed E-state index contributed by atoms with van der Waals surface area (Å²) in [5.74, 6) is 1.33. The molecule has 0 bridgehead atoms. The Hall–Kier alpha value is -5.01. The van der Waals surface area contributed by atoms with E-state index in [1.807, 2.05) is 74.8 Å². The molecule has 2 heterocycles. The number of halogens is 1. The van der Waals surface area contributed by atoms with E-state index in [0.29, 0.717) is 42.9 Å². The third kappa shape index (κ3) is 7.52. The van der Waals surface area contributed by atoms with Gasteiger partial charge in [0.1, 0.15) is 23.9 Å². The van der Waals surface area contributed by atoms with Crippen LogP contribution in [0.5, 0.6) is 5.75 Å². The molecule has 3 aromatic carbocycles. The van der Waals surface area contributed by atoms with Gasteiger partial charge in [-0.1, -0.05) is 41.9 Å². The molecular formula is C41H39ClN2O5. The summed E-state index contributed by atoms with van der Waals surface area (Å²) in [6.07, 6.45) is 7.25. The first-order valence-electron chi connectivity index (χ1n) is 16.5. The van der Waals surface area contributed by atoms with Crippen molar-refractivity contribution in [1.82, 2.24) is 9.13 Å². The molecule has 0 fully saturated rings. The highest BCUT2D eigenvalue weighted by Crippen LogP contribution is 2.33. The van der Waals surface area contributed by atoms with Gasteiger partial charge < -0.3 is 13.9 Å². The van der Waals surface area contributed by atoms with E-state index in [1.54, 1.807) is 23.2 Å². The molecule has 49 heavy (non-hydrogen) atoms. The van der Waals surface area contributed by atoms with Crippen LogP contribution in [0.2, 0.25) is 5.02 Å². The van der Waals surface area contributed by atoms with Crippen LogP contribution in [0.3, 0.4) is 0 Å². The SMILES string of the molecule is Cc1cc(-c2cc(Cl)c3c(c2)CCC(=O)C3)cn(C)c1=O.Cc1cc(-c2cc3c(c(COc4ccccc4)c2)CC(=O)CC3)cn(C)c1=O. The van der Waals surface area contributed by atoms with Gasteiger partial charge in [0, 0.05) is 68.3 Å². The van der Waals surface area contributed by atoms with E-state index >= 15 is 0 Å². The number of hydrogen-bond donors (Lipinski definition) is 0. The summed E-state index contributed by atoms with van der Waals surface area (Å²) >= 11 is 6.35. The molecule has 0 saturated heterocycles. The van der Waals surface area contributed by atoms with E-state index in [4.69, 9.17) is 16.3 Å². The van der Waals surface area contributed by atoms with Crippen LogP contribution in [0.4, 0.5) is 0 Å². The van der Waals surface area contributed by atoms with Crippen molar-refractivity contribution in [2.75, 3.05) is 0 Å². The Balaban J connectivity index is 0.000000177. The minimum absolute atomic E-state index is 0.00778. The van der Waals surface area contributed by atoms with Crippen molar-refractivity contribution >= 4 is 23.2 Å². The topological polar surface area (TPSA) is 87.4 Å². The van der Waals surface area contributed by atoms with E-state index < -0.39 is 0 Å². The van der Waals surface area contributed by atoms with Crippen LogP contribution in [0, 0.1) is 13.8 Å². The van der Waals surface area contributed by atoms with Crippen molar-refractivity contribution < 1.29 is 14.3 Å². The summed E-state index contributed by atoms with van der Waals surface area (Å²) in [7, 11) is 3.52. The fraction of sp³-hybridized carbons (Fsp3) is 0.268. The predicted octanol–water partition coefficient (Wildman–Crippen LogP) is 7.07. The number of aromatic nitrogens is 2. The summed E-state index contributed by atoms with van der Waals surface area (Å²) in [6, 6.07) is 21.7. The van der Waals surface area contributed by atoms with Gasteiger partial charge >= 0.3 is 0 Å². The molecule has 8 heteroatoms. The number of nitrogens with zero attached hydrogens (tertiary/aromatic N) is 2. The smallest absolute Gasteiger partial charge is 0.253 e. The van der Waals surface area contributed by atoms with Crippen LogP contribution in [-0.4, -0.2) is 20.7 Å². The van der Waals surface area contributed by atoms with Crippen molar-refractivity contribution in [3.05, 3.63) is 144 Å². The van der Waals surface area contributed by atoms with Crippen LogP contribution in [0.15, 0.2) is 88.7 Å². The number of pyridine rings is 2. The lowest BCUT2D eigenvalue weighted by molar-refractivity contribution is -0.119. The second-order valence-electron chi connectivity index (χ2n) is 13.1. The van der Waals surface area contributed by atoms with Gasteiger partial charge in [0.15, 0.2) is 0 Å². The monoisotopic (exact) mass is 674 g/mol. The highest BCUT2D eigenvalue weighted by Gasteiger charge is 2.22. The van der Waals surface area contributed by atoms with Crippen LogP contribution in [-0.2, 0) is 56.0 Å². The number of rotatable bonds is 5. The Morgan fingerprint density at radius 3 is 1.69 bits per heavy atom. The number of carbonyl (C=O) groups is 2. The molecule has 0 amide bonds. The van der Waals surface area contributed by atoms with Gasteiger partial charge in [-0.3, -0.25) is 19.2 Å². The van der Waals surface area contributed by atoms with Crippen molar-refractivity contribution in [3.8, 4) is 28.0 Å². The Bertz CT molecular complexity index is 2160. The summed E-state index contributed by atoms with van der Waals surface area (Å²) < 4.78 is 9.19. The number of ketones is 2. The Morgan fingerprint density at radius 1 is 0.633 bits per heavy atom. The summed E-state index contributed by atoms with van der Waals surface area (Å²) in [6.45, 7) is 4.06. The fourth-order valence-electron chi connectivity index (χ4n) is 6.69. The van der Waals surface area contributed by atoms with Crippen LogP contribution in [0.25, 0.3) is 22.3 Å². The Kier molecular flexibility index (Phi) is 9.84. The lowest BCUT2D eigenvalue weighted by Gasteiger charge is -2.21. The minimum atomic E-state index is 0.00778. The lowest BCUT2D eigenvalue weighted by atomic mass is 9.85. The first kappa shape index (κ1) is 33.9. The van der Waals surface area contributed by atoms with Crippen LogP contribution < -0.4 is 15.9 Å². The number of hydrogen-bond acceptors (Lipinski definition) is 5. The first-order valence-corrected chi connectivity index (χ1v) is 16.9. The molecule has 7 rings (SSSR count). The molecule has 2 aliphatic carbocycles. The lowest BCUT2D eigenvalue weighted by Crippen LogP contribution is -2.19. The number of Topliss-reactive ketones (excluding diaryl/α,β-unsaturated/α-hetero) is 2. The summed E-state index contributed by atoms with van der Waals surface area (Å²) in [4.78, 5) is 47.5. The number of benzene rings is 3. The number of para-hydroxylation sites is 1. The quantitative estimate of drug-likeness (QED) is 0.199. The molecule has 0 unspecified atom stereocenters.